The van der Waals surface area contributed by atoms with Crippen LogP contribution in [0.15, 0.2) is 55.9 Å². The number of hydrogen-bond donors (Lipinski definition) is 3. The van der Waals surface area contributed by atoms with Gasteiger partial charge in [0, 0.05) is 29.2 Å². The van der Waals surface area contributed by atoms with Gasteiger partial charge in [0.1, 0.15) is 11.2 Å². The SMILES string of the molecule is CCC(=N)CN=C(C)c1ccc2oc3ccc(/C(C)=N/NC(N)=NC)cc3c2c1. The zero-order valence-corrected chi connectivity index (χ0v) is 17.2. The van der Waals surface area contributed by atoms with Crippen LogP contribution in [0, 0.1) is 5.41 Å². The van der Waals surface area contributed by atoms with Gasteiger partial charge in [0.2, 0.25) is 5.96 Å². The van der Waals surface area contributed by atoms with Crippen LogP contribution < -0.4 is 11.2 Å². The summed E-state index contributed by atoms with van der Waals surface area (Å²) in [5, 5.41) is 14.1. The van der Waals surface area contributed by atoms with Crippen molar-refractivity contribution < 1.29 is 4.42 Å². The van der Waals surface area contributed by atoms with Crippen LogP contribution in [0.2, 0.25) is 0 Å². The molecule has 0 unspecified atom stereocenters. The molecule has 0 saturated carbocycles. The summed E-state index contributed by atoms with van der Waals surface area (Å²) in [6.45, 7) is 6.28. The third-order valence-corrected chi connectivity index (χ3v) is 4.82. The van der Waals surface area contributed by atoms with Crippen LogP contribution in [0.5, 0.6) is 0 Å². The van der Waals surface area contributed by atoms with Gasteiger partial charge in [0.25, 0.3) is 0 Å². The van der Waals surface area contributed by atoms with Crippen LogP contribution in [0.25, 0.3) is 21.9 Å². The van der Waals surface area contributed by atoms with Gasteiger partial charge in [-0.1, -0.05) is 6.92 Å². The molecule has 2 aromatic carbocycles. The van der Waals surface area contributed by atoms with Gasteiger partial charge in [-0.3, -0.25) is 9.98 Å². The summed E-state index contributed by atoms with van der Waals surface area (Å²) in [5.74, 6) is 0.259. The van der Waals surface area contributed by atoms with E-state index in [-0.39, 0.29) is 5.96 Å². The summed E-state index contributed by atoms with van der Waals surface area (Å²) in [7, 11) is 1.60. The average Bonchev–Trinajstić information content (AvgIpc) is 3.12. The molecule has 1 aromatic heterocycles. The summed E-state index contributed by atoms with van der Waals surface area (Å²) < 4.78 is 5.98. The fraction of sp³-hybridized carbons (Fsp3) is 0.273. The van der Waals surface area contributed by atoms with E-state index in [1.54, 1.807) is 7.05 Å². The normalized spacial score (nSPS) is 13.3. The maximum Gasteiger partial charge on any atom is 0.209 e. The monoisotopic (exact) mass is 390 g/mol. The molecule has 3 aromatic rings. The molecular weight excluding hydrogens is 364 g/mol. The molecule has 29 heavy (non-hydrogen) atoms. The number of hydrazone groups is 1. The highest BCUT2D eigenvalue weighted by Gasteiger charge is 2.11. The first-order valence-electron chi connectivity index (χ1n) is 9.50. The Labute approximate surface area is 169 Å². The zero-order valence-electron chi connectivity index (χ0n) is 17.2. The Morgan fingerprint density at radius 3 is 2.17 bits per heavy atom. The van der Waals surface area contributed by atoms with E-state index < -0.39 is 0 Å². The summed E-state index contributed by atoms with van der Waals surface area (Å²) in [6, 6.07) is 12.0. The van der Waals surface area contributed by atoms with Crippen LogP contribution in [-0.2, 0) is 0 Å². The van der Waals surface area contributed by atoms with Gasteiger partial charge in [-0.2, -0.15) is 5.10 Å². The number of nitrogens with one attached hydrogen (secondary N) is 2. The van der Waals surface area contributed by atoms with Crippen molar-refractivity contribution in [2.45, 2.75) is 27.2 Å². The molecular formula is C22H26N6O. The van der Waals surface area contributed by atoms with E-state index in [0.717, 1.165) is 50.9 Å². The molecule has 0 aliphatic rings. The zero-order chi connectivity index (χ0) is 21.0. The highest BCUT2D eigenvalue weighted by Crippen LogP contribution is 2.30. The molecule has 0 spiro atoms. The van der Waals surface area contributed by atoms with Gasteiger partial charge in [-0.15, -0.1) is 0 Å². The van der Waals surface area contributed by atoms with E-state index in [0.29, 0.717) is 12.3 Å². The van der Waals surface area contributed by atoms with Gasteiger partial charge < -0.3 is 15.6 Å². The molecule has 0 bridgehead atoms. The fourth-order valence-corrected chi connectivity index (χ4v) is 2.90. The standard InChI is InChI=1S/C22H26N6O/c1-5-17(23)12-26-13(2)15-6-8-20-18(10-15)19-11-16(7-9-21(19)29-20)14(3)27-28-22(24)25-4/h6-11,23H,5,12H2,1-4H3,(H3,24,25,28)/b23-17?,26-13?,27-14+. The topological polar surface area (TPSA) is 112 Å². The van der Waals surface area contributed by atoms with Crippen molar-refractivity contribution in [1.29, 1.82) is 5.41 Å². The van der Waals surface area contributed by atoms with Crippen LogP contribution in [-0.4, -0.2) is 36.7 Å². The quantitative estimate of drug-likeness (QED) is 0.335. The van der Waals surface area contributed by atoms with Crippen molar-refractivity contribution in [3.8, 4) is 0 Å². The molecule has 0 amide bonds. The second-order valence-electron chi connectivity index (χ2n) is 6.80. The molecule has 0 aliphatic heterocycles. The molecule has 0 aliphatic carbocycles. The first-order valence-corrected chi connectivity index (χ1v) is 9.50. The van der Waals surface area contributed by atoms with Gasteiger partial charge in [-0.25, -0.2) is 5.43 Å². The third-order valence-electron chi connectivity index (χ3n) is 4.82. The van der Waals surface area contributed by atoms with Gasteiger partial charge in [-0.05, 0) is 67.8 Å². The van der Waals surface area contributed by atoms with E-state index in [1.807, 2.05) is 45.0 Å². The van der Waals surface area contributed by atoms with E-state index in [2.05, 4.69) is 32.6 Å². The van der Waals surface area contributed by atoms with E-state index >= 15 is 0 Å². The molecule has 150 valence electrons. The minimum absolute atomic E-state index is 0.259. The largest absolute Gasteiger partial charge is 0.456 e. The van der Waals surface area contributed by atoms with Crippen LogP contribution >= 0.6 is 0 Å². The Morgan fingerprint density at radius 2 is 1.62 bits per heavy atom. The predicted molar refractivity (Wildman–Crippen MR) is 122 cm³/mol. The number of nitrogens with zero attached hydrogens (tertiary/aromatic N) is 3. The van der Waals surface area contributed by atoms with Crippen molar-refractivity contribution in [2.24, 2.45) is 20.8 Å². The van der Waals surface area contributed by atoms with E-state index in [9.17, 15) is 0 Å². The van der Waals surface area contributed by atoms with Crippen molar-refractivity contribution in [3.63, 3.8) is 0 Å². The van der Waals surface area contributed by atoms with Gasteiger partial charge in [0.15, 0.2) is 0 Å². The maximum absolute atomic E-state index is 7.79. The lowest BCUT2D eigenvalue weighted by Gasteiger charge is -2.03. The van der Waals surface area contributed by atoms with Crippen molar-refractivity contribution in [1.82, 2.24) is 5.43 Å². The molecule has 0 saturated heterocycles. The van der Waals surface area contributed by atoms with E-state index in [1.165, 1.54) is 0 Å². The molecule has 7 heteroatoms. The smallest absolute Gasteiger partial charge is 0.209 e. The Bertz CT molecular complexity index is 1150. The lowest BCUT2D eigenvalue weighted by Crippen LogP contribution is -2.27. The molecule has 4 N–H and O–H groups in total. The fourth-order valence-electron chi connectivity index (χ4n) is 2.90. The number of hydrogen-bond acceptors (Lipinski definition) is 5. The number of nitrogens with two attached hydrogens (primary N) is 1. The van der Waals surface area contributed by atoms with Crippen molar-refractivity contribution in [2.75, 3.05) is 13.6 Å². The highest BCUT2D eigenvalue weighted by molar-refractivity contribution is 6.11. The number of benzene rings is 2. The summed E-state index contributed by atoms with van der Waals surface area (Å²) in [6.07, 6.45) is 0.719. The molecule has 7 nitrogen and oxygen atoms in total. The van der Waals surface area contributed by atoms with Gasteiger partial charge in [0.05, 0.1) is 12.3 Å². The molecule has 0 atom stereocenters. The Balaban J connectivity index is 2.01. The van der Waals surface area contributed by atoms with Crippen LogP contribution in [0.4, 0.5) is 0 Å². The lowest BCUT2D eigenvalue weighted by atomic mass is 10.0. The van der Waals surface area contributed by atoms with Crippen LogP contribution in [0.1, 0.15) is 38.3 Å². The molecule has 0 radical (unpaired) electrons. The van der Waals surface area contributed by atoms with Crippen LogP contribution in [0.3, 0.4) is 0 Å². The molecule has 3 rings (SSSR count). The Hall–Kier alpha value is -3.48. The Kier molecular flexibility index (Phi) is 6.07. The minimum atomic E-state index is 0.259. The van der Waals surface area contributed by atoms with Crippen molar-refractivity contribution in [3.05, 3.63) is 47.5 Å². The highest BCUT2D eigenvalue weighted by atomic mass is 16.3. The predicted octanol–water partition coefficient (Wildman–Crippen LogP) is 4.08. The first-order chi connectivity index (χ1) is 13.9. The number of furan rings is 1. The molecule has 0 fully saturated rings. The number of rotatable bonds is 6. The summed E-state index contributed by atoms with van der Waals surface area (Å²) >= 11 is 0. The summed E-state index contributed by atoms with van der Waals surface area (Å²) in [4.78, 5) is 8.37. The molecule has 1 heterocycles. The Morgan fingerprint density at radius 1 is 1.03 bits per heavy atom. The third kappa shape index (κ3) is 4.51. The average molecular weight is 390 g/mol. The number of guanidine groups is 1. The second-order valence-corrected chi connectivity index (χ2v) is 6.80. The number of fused-ring (bicyclic) bond motifs is 3. The summed E-state index contributed by atoms with van der Waals surface area (Å²) in [5.41, 5.74) is 14.3. The lowest BCUT2D eigenvalue weighted by molar-refractivity contribution is 0.669. The number of aliphatic imine (C=N–C) groups is 2. The maximum atomic E-state index is 7.79. The van der Waals surface area contributed by atoms with E-state index in [4.69, 9.17) is 15.6 Å². The van der Waals surface area contributed by atoms with Gasteiger partial charge >= 0.3 is 0 Å². The second kappa shape index (κ2) is 8.68. The first kappa shape index (κ1) is 20.3. The minimum Gasteiger partial charge on any atom is -0.456 e. The van der Waals surface area contributed by atoms with Crippen molar-refractivity contribution >= 4 is 45.0 Å².